The van der Waals surface area contributed by atoms with Gasteiger partial charge in [0.2, 0.25) is 0 Å². The first-order valence-corrected chi connectivity index (χ1v) is 8.50. The summed E-state index contributed by atoms with van der Waals surface area (Å²) in [5.41, 5.74) is 1.99. The number of aliphatic hydroxyl groups is 1. The fourth-order valence-electron chi connectivity index (χ4n) is 4.12. The smallest absolute Gasteiger partial charge is 0.123 e. The van der Waals surface area contributed by atoms with E-state index in [2.05, 4.69) is 11.0 Å². The van der Waals surface area contributed by atoms with E-state index in [4.69, 9.17) is 4.74 Å². The van der Waals surface area contributed by atoms with Gasteiger partial charge in [0.05, 0.1) is 13.2 Å². The van der Waals surface area contributed by atoms with Crippen molar-refractivity contribution < 1.29 is 14.2 Å². The summed E-state index contributed by atoms with van der Waals surface area (Å²) in [5.74, 6) is 1.05. The molecule has 2 atom stereocenters. The Labute approximate surface area is 141 Å². The fourth-order valence-corrected chi connectivity index (χ4v) is 4.12. The monoisotopic (exact) mass is 327 g/mol. The van der Waals surface area contributed by atoms with Crippen LogP contribution in [0.2, 0.25) is 0 Å². The Balaban J connectivity index is 1.51. The normalized spacial score (nSPS) is 25.8. The summed E-state index contributed by atoms with van der Waals surface area (Å²) < 4.78 is 19.2. The molecule has 0 bridgehead atoms. The highest BCUT2D eigenvalue weighted by atomic mass is 19.1. The van der Waals surface area contributed by atoms with Crippen LogP contribution in [0.4, 0.5) is 4.39 Å². The number of ether oxygens (including phenoxy) is 1. The molecule has 2 aliphatic rings. The van der Waals surface area contributed by atoms with E-state index in [0.717, 1.165) is 37.4 Å². The van der Waals surface area contributed by atoms with Crippen molar-refractivity contribution in [3.05, 3.63) is 65.5 Å². The standard InChI is InChI=1S/C20H22FNO2/c21-16-5-3-4-15(10-16)8-9-22-11-18-17-6-1-2-7-19(17)24-14-20(18,12-22)13-23/h1-7,10,18,23H,8-9,11-14H2/t18-,20-/m0/s1. The lowest BCUT2D eigenvalue weighted by Crippen LogP contribution is -2.42. The van der Waals surface area contributed by atoms with Crippen molar-refractivity contribution in [3.63, 3.8) is 0 Å². The second-order valence-electron chi connectivity index (χ2n) is 7.01. The second kappa shape index (κ2) is 6.19. The van der Waals surface area contributed by atoms with Gasteiger partial charge in [-0.25, -0.2) is 4.39 Å². The number of fused-ring (bicyclic) bond motifs is 3. The first kappa shape index (κ1) is 15.6. The summed E-state index contributed by atoms with van der Waals surface area (Å²) in [5, 5.41) is 10.1. The Morgan fingerprint density at radius 3 is 2.92 bits per heavy atom. The lowest BCUT2D eigenvalue weighted by Gasteiger charge is -2.38. The molecule has 0 amide bonds. The van der Waals surface area contributed by atoms with Gasteiger partial charge in [-0.1, -0.05) is 30.3 Å². The molecule has 0 aliphatic carbocycles. The minimum atomic E-state index is -0.226. The SMILES string of the molecule is OC[C@@]12COc3ccccc3[C@@H]1CN(CCc1cccc(F)c1)C2. The summed E-state index contributed by atoms with van der Waals surface area (Å²) in [6, 6.07) is 14.9. The zero-order chi connectivity index (χ0) is 16.6. The first-order chi connectivity index (χ1) is 11.7. The molecule has 1 fully saturated rings. The number of halogens is 1. The van der Waals surface area contributed by atoms with Gasteiger partial charge in [-0.15, -0.1) is 0 Å². The molecule has 2 aliphatic heterocycles. The second-order valence-corrected chi connectivity index (χ2v) is 7.01. The van der Waals surface area contributed by atoms with Gasteiger partial charge in [0.15, 0.2) is 0 Å². The van der Waals surface area contributed by atoms with Gasteiger partial charge in [-0.3, -0.25) is 0 Å². The number of rotatable bonds is 4. The molecule has 126 valence electrons. The van der Waals surface area contributed by atoms with Crippen LogP contribution >= 0.6 is 0 Å². The van der Waals surface area contributed by atoms with Crippen LogP contribution in [0.5, 0.6) is 5.75 Å². The Morgan fingerprint density at radius 1 is 1.21 bits per heavy atom. The number of aliphatic hydroxyl groups excluding tert-OH is 1. The number of para-hydroxylation sites is 1. The molecule has 0 aromatic heterocycles. The van der Waals surface area contributed by atoms with Crippen molar-refractivity contribution in [1.29, 1.82) is 0 Å². The van der Waals surface area contributed by atoms with Crippen molar-refractivity contribution in [1.82, 2.24) is 4.90 Å². The predicted molar refractivity (Wildman–Crippen MR) is 90.7 cm³/mol. The molecule has 2 aromatic carbocycles. The van der Waals surface area contributed by atoms with E-state index in [-0.39, 0.29) is 17.8 Å². The number of hydrogen-bond donors (Lipinski definition) is 1. The molecule has 1 N–H and O–H groups in total. The van der Waals surface area contributed by atoms with Crippen molar-refractivity contribution >= 4 is 0 Å². The largest absolute Gasteiger partial charge is 0.493 e. The summed E-state index contributed by atoms with van der Waals surface area (Å²) in [4.78, 5) is 2.37. The summed E-state index contributed by atoms with van der Waals surface area (Å²) in [6.45, 7) is 3.28. The zero-order valence-electron chi connectivity index (χ0n) is 13.6. The zero-order valence-corrected chi connectivity index (χ0v) is 13.6. The lowest BCUT2D eigenvalue weighted by atomic mass is 9.74. The Hall–Kier alpha value is -1.91. The average molecular weight is 327 g/mol. The van der Waals surface area contributed by atoms with E-state index in [1.807, 2.05) is 24.3 Å². The maximum absolute atomic E-state index is 13.3. The third-order valence-electron chi connectivity index (χ3n) is 5.45. The van der Waals surface area contributed by atoms with Gasteiger partial charge in [0, 0.05) is 31.0 Å². The highest BCUT2D eigenvalue weighted by Gasteiger charge is 2.50. The summed E-state index contributed by atoms with van der Waals surface area (Å²) in [7, 11) is 0. The van der Waals surface area contributed by atoms with Gasteiger partial charge in [0.1, 0.15) is 11.6 Å². The highest BCUT2D eigenvalue weighted by Crippen LogP contribution is 2.49. The maximum Gasteiger partial charge on any atom is 0.123 e. The molecule has 0 spiro atoms. The van der Waals surface area contributed by atoms with Crippen LogP contribution in [0.25, 0.3) is 0 Å². The number of benzene rings is 2. The van der Waals surface area contributed by atoms with Crippen LogP contribution in [-0.2, 0) is 6.42 Å². The molecular weight excluding hydrogens is 305 g/mol. The molecule has 2 aromatic rings. The number of likely N-dealkylation sites (tertiary alicyclic amines) is 1. The molecule has 4 rings (SSSR count). The highest BCUT2D eigenvalue weighted by molar-refractivity contribution is 5.41. The van der Waals surface area contributed by atoms with E-state index < -0.39 is 0 Å². The molecule has 0 radical (unpaired) electrons. The third kappa shape index (κ3) is 2.70. The molecule has 2 heterocycles. The molecule has 24 heavy (non-hydrogen) atoms. The van der Waals surface area contributed by atoms with Crippen molar-refractivity contribution in [3.8, 4) is 5.75 Å². The van der Waals surface area contributed by atoms with Gasteiger partial charge in [-0.2, -0.15) is 0 Å². The molecule has 1 saturated heterocycles. The van der Waals surface area contributed by atoms with E-state index in [1.54, 1.807) is 12.1 Å². The van der Waals surface area contributed by atoms with E-state index in [1.165, 1.54) is 11.6 Å². The molecule has 3 nitrogen and oxygen atoms in total. The van der Waals surface area contributed by atoms with Crippen LogP contribution in [0.3, 0.4) is 0 Å². The number of hydrogen-bond acceptors (Lipinski definition) is 3. The first-order valence-electron chi connectivity index (χ1n) is 8.50. The summed E-state index contributed by atoms with van der Waals surface area (Å²) in [6.07, 6.45) is 0.814. The van der Waals surface area contributed by atoms with Crippen LogP contribution < -0.4 is 4.74 Å². The van der Waals surface area contributed by atoms with Crippen molar-refractivity contribution in [2.45, 2.75) is 12.3 Å². The molecule has 0 unspecified atom stereocenters. The molecular formula is C20H22FNO2. The van der Waals surface area contributed by atoms with Gasteiger partial charge in [-0.05, 0) is 35.7 Å². The minimum Gasteiger partial charge on any atom is -0.493 e. The molecule has 0 saturated carbocycles. The Bertz CT molecular complexity index is 735. The Kier molecular flexibility index (Phi) is 4.02. The van der Waals surface area contributed by atoms with Crippen LogP contribution in [0.1, 0.15) is 17.0 Å². The topological polar surface area (TPSA) is 32.7 Å². The van der Waals surface area contributed by atoms with Crippen molar-refractivity contribution in [2.75, 3.05) is 32.8 Å². The minimum absolute atomic E-state index is 0.127. The van der Waals surface area contributed by atoms with Gasteiger partial charge in [0.25, 0.3) is 0 Å². The van der Waals surface area contributed by atoms with E-state index in [0.29, 0.717) is 12.5 Å². The predicted octanol–water partition coefficient (Wildman–Crippen LogP) is 2.84. The molecule has 4 heteroatoms. The van der Waals surface area contributed by atoms with Crippen LogP contribution in [0.15, 0.2) is 48.5 Å². The summed E-state index contributed by atoms with van der Waals surface area (Å²) >= 11 is 0. The maximum atomic E-state index is 13.3. The fraction of sp³-hybridized carbons (Fsp3) is 0.400. The quantitative estimate of drug-likeness (QED) is 0.937. The lowest BCUT2D eigenvalue weighted by molar-refractivity contribution is 0.0463. The third-order valence-corrected chi connectivity index (χ3v) is 5.45. The van der Waals surface area contributed by atoms with E-state index in [9.17, 15) is 9.50 Å². The van der Waals surface area contributed by atoms with Gasteiger partial charge >= 0.3 is 0 Å². The number of nitrogens with zero attached hydrogens (tertiary/aromatic N) is 1. The van der Waals surface area contributed by atoms with Crippen LogP contribution in [0, 0.1) is 11.2 Å². The van der Waals surface area contributed by atoms with Gasteiger partial charge < -0.3 is 14.7 Å². The average Bonchev–Trinajstić information content (AvgIpc) is 3.00. The Morgan fingerprint density at radius 2 is 2.08 bits per heavy atom. The van der Waals surface area contributed by atoms with E-state index >= 15 is 0 Å². The van der Waals surface area contributed by atoms with Crippen LogP contribution in [-0.4, -0.2) is 42.9 Å². The van der Waals surface area contributed by atoms with Crippen molar-refractivity contribution in [2.24, 2.45) is 5.41 Å².